The molecule has 22 heavy (non-hydrogen) atoms. The summed E-state index contributed by atoms with van der Waals surface area (Å²) in [7, 11) is 0. The van der Waals surface area contributed by atoms with Crippen LogP contribution < -0.4 is 4.90 Å². The monoisotopic (exact) mass is 319 g/mol. The van der Waals surface area contributed by atoms with Crippen molar-refractivity contribution in [1.29, 1.82) is 0 Å². The van der Waals surface area contributed by atoms with E-state index in [1.54, 1.807) is 43.3 Å². The van der Waals surface area contributed by atoms with E-state index in [4.69, 9.17) is 20.8 Å². The first kappa shape index (κ1) is 14.7. The van der Waals surface area contributed by atoms with Crippen molar-refractivity contribution in [3.05, 3.63) is 53.4 Å². The second-order valence-corrected chi connectivity index (χ2v) is 5.57. The van der Waals surface area contributed by atoms with Crippen LogP contribution in [-0.4, -0.2) is 24.0 Å². The first-order valence-electron chi connectivity index (χ1n) is 6.89. The minimum absolute atomic E-state index is 0.160. The maximum Gasteiger partial charge on any atom is 0.329 e. The highest BCUT2D eigenvalue weighted by Gasteiger charge is 2.40. The van der Waals surface area contributed by atoms with E-state index < -0.39 is 17.9 Å². The SMILES string of the molecule is CC1CC(N(C(=O)c2ccco2)c2cccc(Cl)c2)C(=O)O1. The quantitative estimate of drug-likeness (QED) is 0.815. The molecule has 6 heteroatoms. The number of furan rings is 1. The Kier molecular flexibility index (Phi) is 3.90. The van der Waals surface area contributed by atoms with E-state index in [0.717, 1.165) is 0 Å². The molecule has 0 radical (unpaired) electrons. The van der Waals surface area contributed by atoms with Crippen LogP contribution in [-0.2, 0) is 9.53 Å². The molecule has 2 aromatic rings. The second kappa shape index (κ2) is 5.85. The zero-order chi connectivity index (χ0) is 15.7. The molecule has 114 valence electrons. The molecule has 0 aliphatic carbocycles. The molecule has 1 aromatic carbocycles. The third kappa shape index (κ3) is 2.72. The lowest BCUT2D eigenvalue weighted by Gasteiger charge is -2.25. The van der Waals surface area contributed by atoms with Crippen LogP contribution in [0.5, 0.6) is 0 Å². The van der Waals surface area contributed by atoms with Gasteiger partial charge in [0.2, 0.25) is 0 Å². The van der Waals surface area contributed by atoms with Gasteiger partial charge in [-0.1, -0.05) is 17.7 Å². The lowest BCUT2D eigenvalue weighted by atomic mass is 10.1. The Labute approximate surface area is 132 Å². The molecule has 0 spiro atoms. The van der Waals surface area contributed by atoms with Crippen LogP contribution >= 0.6 is 11.6 Å². The van der Waals surface area contributed by atoms with E-state index in [1.807, 2.05) is 0 Å². The molecule has 0 saturated carbocycles. The Balaban J connectivity index is 2.02. The van der Waals surface area contributed by atoms with Crippen LogP contribution in [0.3, 0.4) is 0 Å². The van der Waals surface area contributed by atoms with Gasteiger partial charge in [-0.15, -0.1) is 0 Å². The lowest BCUT2D eigenvalue weighted by molar-refractivity contribution is -0.141. The zero-order valence-electron chi connectivity index (χ0n) is 11.9. The molecule has 1 fully saturated rings. The molecule has 1 aliphatic rings. The van der Waals surface area contributed by atoms with Gasteiger partial charge < -0.3 is 9.15 Å². The number of anilines is 1. The van der Waals surface area contributed by atoms with Crippen LogP contribution in [0.2, 0.25) is 5.02 Å². The molecule has 1 aromatic heterocycles. The van der Waals surface area contributed by atoms with Crippen molar-refractivity contribution in [2.24, 2.45) is 0 Å². The molecule has 0 bridgehead atoms. The van der Waals surface area contributed by atoms with Crippen molar-refractivity contribution >= 4 is 29.2 Å². The summed E-state index contributed by atoms with van der Waals surface area (Å²) in [5.41, 5.74) is 0.532. The van der Waals surface area contributed by atoms with Crippen LogP contribution in [0.15, 0.2) is 47.1 Å². The fraction of sp³-hybridized carbons (Fsp3) is 0.250. The smallest absolute Gasteiger partial charge is 0.329 e. The summed E-state index contributed by atoms with van der Waals surface area (Å²) in [5.74, 6) is -0.664. The number of rotatable bonds is 3. The van der Waals surface area contributed by atoms with Gasteiger partial charge in [-0.3, -0.25) is 9.69 Å². The van der Waals surface area contributed by atoms with Gasteiger partial charge in [-0.05, 0) is 37.3 Å². The third-order valence-corrected chi connectivity index (χ3v) is 3.73. The number of cyclic esters (lactones) is 1. The van der Waals surface area contributed by atoms with Crippen LogP contribution in [0.25, 0.3) is 0 Å². The van der Waals surface area contributed by atoms with Crippen molar-refractivity contribution in [1.82, 2.24) is 0 Å². The van der Waals surface area contributed by atoms with E-state index in [0.29, 0.717) is 17.1 Å². The van der Waals surface area contributed by atoms with Crippen molar-refractivity contribution in [3.63, 3.8) is 0 Å². The van der Waals surface area contributed by atoms with E-state index in [1.165, 1.54) is 11.2 Å². The molecule has 2 heterocycles. The molecular formula is C16H14ClNO4. The van der Waals surface area contributed by atoms with Crippen molar-refractivity contribution in [2.45, 2.75) is 25.5 Å². The Morgan fingerprint density at radius 3 is 2.73 bits per heavy atom. The van der Waals surface area contributed by atoms with Crippen molar-refractivity contribution in [2.75, 3.05) is 4.90 Å². The molecule has 1 amide bonds. The van der Waals surface area contributed by atoms with E-state index >= 15 is 0 Å². The van der Waals surface area contributed by atoms with Crippen molar-refractivity contribution < 1.29 is 18.7 Å². The van der Waals surface area contributed by atoms with Gasteiger partial charge in [0.15, 0.2) is 5.76 Å². The first-order chi connectivity index (χ1) is 10.6. The van der Waals surface area contributed by atoms with Gasteiger partial charge in [0.1, 0.15) is 12.1 Å². The largest absolute Gasteiger partial charge is 0.461 e. The fourth-order valence-electron chi connectivity index (χ4n) is 2.53. The maximum atomic E-state index is 12.7. The topological polar surface area (TPSA) is 59.8 Å². The molecule has 5 nitrogen and oxygen atoms in total. The van der Waals surface area contributed by atoms with Gasteiger partial charge in [-0.25, -0.2) is 4.79 Å². The summed E-state index contributed by atoms with van der Waals surface area (Å²) in [6.45, 7) is 1.80. The number of benzene rings is 1. The maximum absolute atomic E-state index is 12.7. The van der Waals surface area contributed by atoms with Crippen LogP contribution in [0.1, 0.15) is 23.9 Å². The predicted octanol–water partition coefficient (Wildman–Crippen LogP) is 3.28. The summed E-state index contributed by atoms with van der Waals surface area (Å²) in [6, 6.07) is 9.29. The molecule has 2 atom stereocenters. The van der Waals surface area contributed by atoms with Crippen molar-refractivity contribution in [3.8, 4) is 0 Å². The predicted molar refractivity (Wildman–Crippen MR) is 80.9 cm³/mol. The first-order valence-corrected chi connectivity index (χ1v) is 7.27. The van der Waals surface area contributed by atoms with Crippen LogP contribution in [0.4, 0.5) is 5.69 Å². The van der Waals surface area contributed by atoms with Gasteiger partial charge >= 0.3 is 5.97 Å². The Morgan fingerprint density at radius 2 is 2.14 bits per heavy atom. The molecule has 0 N–H and O–H groups in total. The van der Waals surface area contributed by atoms with Gasteiger partial charge in [0, 0.05) is 17.1 Å². The average Bonchev–Trinajstić information content (AvgIpc) is 3.10. The highest BCUT2D eigenvalue weighted by molar-refractivity contribution is 6.31. The highest BCUT2D eigenvalue weighted by Crippen LogP contribution is 2.29. The number of carbonyl (C=O) groups excluding carboxylic acids is 2. The van der Waals surface area contributed by atoms with Gasteiger partial charge in [0.05, 0.1) is 6.26 Å². The zero-order valence-corrected chi connectivity index (χ0v) is 12.6. The summed E-state index contributed by atoms with van der Waals surface area (Å²) in [5, 5.41) is 0.481. The number of hydrogen-bond acceptors (Lipinski definition) is 4. The second-order valence-electron chi connectivity index (χ2n) is 5.13. The lowest BCUT2D eigenvalue weighted by Crippen LogP contribution is -2.43. The van der Waals surface area contributed by atoms with Gasteiger partial charge in [-0.2, -0.15) is 0 Å². The third-order valence-electron chi connectivity index (χ3n) is 3.49. The average molecular weight is 320 g/mol. The van der Waals surface area contributed by atoms with E-state index in [2.05, 4.69) is 0 Å². The number of amides is 1. The minimum atomic E-state index is -0.689. The standard InChI is InChI=1S/C16H14ClNO4/c1-10-8-13(16(20)22-10)18(12-5-2-4-11(17)9-12)15(19)14-6-3-7-21-14/h2-7,9-10,13H,8H2,1H3. The summed E-state index contributed by atoms with van der Waals surface area (Å²) in [4.78, 5) is 26.2. The Morgan fingerprint density at radius 1 is 1.32 bits per heavy atom. The van der Waals surface area contributed by atoms with E-state index in [-0.39, 0.29) is 11.9 Å². The molecule has 1 saturated heterocycles. The molecular weight excluding hydrogens is 306 g/mol. The molecule has 1 aliphatic heterocycles. The molecule has 2 unspecified atom stereocenters. The number of ether oxygens (including phenoxy) is 1. The number of esters is 1. The molecule has 3 rings (SSSR count). The number of hydrogen-bond donors (Lipinski definition) is 0. The number of carbonyl (C=O) groups is 2. The summed E-state index contributed by atoms with van der Waals surface area (Å²) >= 11 is 6.01. The minimum Gasteiger partial charge on any atom is -0.461 e. The number of halogens is 1. The fourth-order valence-corrected chi connectivity index (χ4v) is 2.71. The van der Waals surface area contributed by atoms with Gasteiger partial charge in [0.25, 0.3) is 5.91 Å². The van der Waals surface area contributed by atoms with E-state index in [9.17, 15) is 9.59 Å². The Bertz CT molecular complexity index is 698. The Hall–Kier alpha value is -2.27. The summed E-state index contributed by atoms with van der Waals surface area (Å²) in [6.07, 6.45) is 1.61. The summed E-state index contributed by atoms with van der Waals surface area (Å²) < 4.78 is 10.4. The number of nitrogens with zero attached hydrogens (tertiary/aromatic N) is 1. The van der Waals surface area contributed by atoms with Crippen LogP contribution in [0, 0.1) is 0 Å². The normalized spacial score (nSPS) is 20.7. The highest BCUT2D eigenvalue weighted by atomic mass is 35.5.